The zero-order valence-electron chi connectivity index (χ0n) is 20.0. The van der Waals surface area contributed by atoms with Gasteiger partial charge in [0, 0.05) is 23.9 Å². The topological polar surface area (TPSA) is 123 Å². The number of hydrogen-bond donors (Lipinski definition) is 0. The summed E-state index contributed by atoms with van der Waals surface area (Å²) in [6.07, 6.45) is -10.5. The normalized spacial score (nSPS) is 17.0. The van der Waals surface area contributed by atoms with Gasteiger partial charge in [0.25, 0.3) is 5.09 Å². The zero-order chi connectivity index (χ0) is 27.4. The van der Waals surface area contributed by atoms with Crippen molar-refractivity contribution in [1.82, 2.24) is 0 Å². The van der Waals surface area contributed by atoms with Crippen LogP contribution in [0.25, 0.3) is 6.08 Å². The number of halogens is 4. The van der Waals surface area contributed by atoms with Crippen LogP contribution in [0.3, 0.4) is 0 Å². The van der Waals surface area contributed by atoms with Gasteiger partial charge >= 0.3 is 18.3 Å². The van der Waals surface area contributed by atoms with Gasteiger partial charge in [-0.05, 0) is 36.1 Å². The molecular formula is C22H25ClF3NO9. The minimum Gasteiger partial charge on any atom is -0.475 e. The Labute approximate surface area is 209 Å². The number of hydrogen-bond acceptors (Lipinski definition) is 9. The minimum atomic E-state index is -4.96. The molecule has 200 valence electrons. The molecule has 0 aliphatic carbocycles. The van der Waals surface area contributed by atoms with Crippen molar-refractivity contribution in [1.29, 1.82) is 0 Å². The summed E-state index contributed by atoms with van der Waals surface area (Å²) in [5, 5.41) is 9.49. The van der Waals surface area contributed by atoms with Crippen molar-refractivity contribution in [2.45, 2.75) is 71.1 Å². The fraction of sp³-hybridized carbons (Fsp3) is 0.545. The lowest BCUT2D eigenvalue weighted by atomic mass is 9.85. The van der Waals surface area contributed by atoms with E-state index in [1.165, 1.54) is 19.1 Å². The monoisotopic (exact) mass is 539 g/mol. The number of carbonyl (C=O) groups excluding carboxylic acids is 2. The predicted molar refractivity (Wildman–Crippen MR) is 119 cm³/mol. The summed E-state index contributed by atoms with van der Waals surface area (Å²) in [6, 6.07) is 2.78. The van der Waals surface area contributed by atoms with Gasteiger partial charge in [0.15, 0.2) is 0 Å². The molecule has 0 fully saturated rings. The van der Waals surface area contributed by atoms with E-state index in [1.54, 1.807) is 0 Å². The molecule has 2 rings (SSSR count). The smallest absolute Gasteiger partial charge is 0.475 e. The molecule has 1 aromatic carbocycles. The van der Waals surface area contributed by atoms with Crippen molar-refractivity contribution in [3.63, 3.8) is 0 Å². The summed E-state index contributed by atoms with van der Waals surface area (Å²) < 4.78 is 60.5. The van der Waals surface area contributed by atoms with E-state index in [9.17, 15) is 32.9 Å². The van der Waals surface area contributed by atoms with Crippen LogP contribution in [0, 0.1) is 10.1 Å². The van der Waals surface area contributed by atoms with Gasteiger partial charge in [-0.15, -0.1) is 10.1 Å². The standard InChI is InChI=1S/C22H25ClF3NO9/c1-11(36-27(30)31)6-7-32-20(29)34-12(2)33-19(28)14-8-13-9-16(23)15(21(3,4)5)10-17(13)35-18(14)22(24,25)26/h8-12,18H,6-7H2,1-5H3. The van der Waals surface area contributed by atoms with Crippen molar-refractivity contribution in [3.05, 3.63) is 44.0 Å². The molecule has 0 N–H and O–H groups in total. The fourth-order valence-electron chi connectivity index (χ4n) is 3.12. The van der Waals surface area contributed by atoms with Gasteiger partial charge in [-0.25, -0.2) is 9.59 Å². The van der Waals surface area contributed by atoms with Gasteiger partial charge in [-0.1, -0.05) is 32.4 Å². The number of alkyl halides is 3. The number of esters is 1. The number of rotatable bonds is 8. The maximum atomic E-state index is 13.7. The molecule has 0 amide bonds. The Morgan fingerprint density at radius 1 is 1.19 bits per heavy atom. The third-order valence-corrected chi connectivity index (χ3v) is 5.14. The first-order chi connectivity index (χ1) is 16.5. The molecule has 0 spiro atoms. The summed E-state index contributed by atoms with van der Waals surface area (Å²) in [4.78, 5) is 38.7. The molecular weight excluding hydrogens is 515 g/mol. The van der Waals surface area contributed by atoms with Crippen LogP contribution in [0.15, 0.2) is 17.7 Å². The first-order valence-corrected chi connectivity index (χ1v) is 11.0. The molecule has 1 aliphatic heterocycles. The van der Waals surface area contributed by atoms with Gasteiger partial charge in [-0.2, -0.15) is 13.2 Å². The van der Waals surface area contributed by atoms with E-state index in [-0.39, 0.29) is 29.4 Å². The Bertz CT molecular complexity index is 1040. The molecule has 36 heavy (non-hydrogen) atoms. The number of ether oxygens (including phenoxy) is 4. The summed E-state index contributed by atoms with van der Waals surface area (Å²) in [5.41, 5.74) is -0.655. The molecule has 3 atom stereocenters. The molecule has 14 heteroatoms. The lowest BCUT2D eigenvalue weighted by molar-refractivity contribution is -0.767. The second-order valence-electron chi connectivity index (χ2n) is 8.88. The van der Waals surface area contributed by atoms with E-state index in [0.29, 0.717) is 5.56 Å². The highest BCUT2D eigenvalue weighted by Crippen LogP contribution is 2.42. The Morgan fingerprint density at radius 3 is 2.39 bits per heavy atom. The Hall–Kier alpha value is -3.22. The van der Waals surface area contributed by atoms with Crippen LogP contribution >= 0.6 is 11.6 Å². The molecule has 1 heterocycles. The van der Waals surface area contributed by atoms with Crippen molar-refractivity contribution < 1.29 is 51.6 Å². The predicted octanol–water partition coefficient (Wildman–Crippen LogP) is 5.37. The largest absolute Gasteiger partial charge is 0.511 e. The average molecular weight is 540 g/mol. The van der Waals surface area contributed by atoms with Crippen LogP contribution in [0.1, 0.15) is 52.2 Å². The van der Waals surface area contributed by atoms with Crippen LogP contribution in [0.5, 0.6) is 5.75 Å². The summed E-state index contributed by atoms with van der Waals surface area (Å²) in [5.74, 6) is -1.54. The van der Waals surface area contributed by atoms with Crippen LogP contribution < -0.4 is 4.74 Å². The molecule has 0 saturated carbocycles. The van der Waals surface area contributed by atoms with Crippen molar-refractivity contribution in [3.8, 4) is 5.75 Å². The quantitative estimate of drug-likeness (QED) is 0.185. The third kappa shape index (κ3) is 7.90. The van der Waals surface area contributed by atoms with Crippen LogP contribution in [0.4, 0.5) is 18.0 Å². The second-order valence-corrected chi connectivity index (χ2v) is 9.28. The SMILES string of the molecule is CC(CCOC(=O)OC(C)OC(=O)C1=Cc2cc(Cl)c(C(C)(C)C)cc2OC1C(F)(F)F)O[N+](=O)[O-]. The van der Waals surface area contributed by atoms with E-state index in [2.05, 4.69) is 14.3 Å². The van der Waals surface area contributed by atoms with Gasteiger partial charge in [-0.3, -0.25) is 0 Å². The van der Waals surface area contributed by atoms with Crippen molar-refractivity contribution in [2.24, 2.45) is 0 Å². The molecule has 0 bridgehead atoms. The maximum Gasteiger partial charge on any atom is 0.511 e. The minimum absolute atomic E-state index is 0.0410. The number of fused-ring (bicyclic) bond motifs is 1. The Balaban J connectivity index is 2.12. The molecule has 1 aromatic rings. The summed E-state index contributed by atoms with van der Waals surface area (Å²) in [7, 11) is 0. The highest BCUT2D eigenvalue weighted by molar-refractivity contribution is 6.31. The lowest BCUT2D eigenvalue weighted by Crippen LogP contribution is -2.41. The third-order valence-electron chi connectivity index (χ3n) is 4.82. The molecule has 3 unspecified atom stereocenters. The molecule has 0 saturated heterocycles. The van der Waals surface area contributed by atoms with Gasteiger partial charge in [0.1, 0.15) is 11.9 Å². The van der Waals surface area contributed by atoms with Crippen LogP contribution in [-0.4, -0.2) is 48.5 Å². The van der Waals surface area contributed by atoms with Crippen LogP contribution in [-0.2, 0) is 29.3 Å². The highest BCUT2D eigenvalue weighted by atomic mass is 35.5. The lowest BCUT2D eigenvalue weighted by Gasteiger charge is -2.30. The van der Waals surface area contributed by atoms with E-state index >= 15 is 0 Å². The van der Waals surface area contributed by atoms with Gasteiger partial charge in [0.05, 0.1) is 12.2 Å². The maximum absolute atomic E-state index is 13.7. The van der Waals surface area contributed by atoms with E-state index in [1.807, 2.05) is 20.8 Å². The first-order valence-electron chi connectivity index (χ1n) is 10.6. The van der Waals surface area contributed by atoms with E-state index < -0.39 is 52.9 Å². The Kier molecular flexibility index (Phi) is 9.05. The van der Waals surface area contributed by atoms with Crippen molar-refractivity contribution >= 4 is 29.8 Å². The number of benzene rings is 1. The van der Waals surface area contributed by atoms with E-state index in [4.69, 9.17) is 21.1 Å². The average Bonchev–Trinajstić information content (AvgIpc) is 2.70. The molecule has 10 nitrogen and oxygen atoms in total. The highest BCUT2D eigenvalue weighted by Gasteiger charge is 2.49. The molecule has 0 radical (unpaired) electrons. The van der Waals surface area contributed by atoms with Gasteiger partial charge in [0.2, 0.25) is 12.4 Å². The fourth-order valence-corrected chi connectivity index (χ4v) is 3.58. The molecule has 0 aromatic heterocycles. The first kappa shape index (κ1) is 29.0. The van der Waals surface area contributed by atoms with Crippen LogP contribution in [0.2, 0.25) is 5.02 Å². The van der Waals surface area contributed by atoms with Gasteiger partial charge < -0.3 is 23.8 Å². The number of carbonyl (C=O) groups is 2. The van der Waals surface area contributed by atoms with Crippen molar-refractivity contribution in [2.75, 3.05) is 6.61 Å². The number of nitrogens with zero attached hydrogens (tertiary/aromatic N) is 1. The Morgan fingerprint density at radius 2 is 1.83 bits per heavy atom. The van der Waals surface area contributed by atoms with E-state index in [0.717, 1.165) is 13.0 Å². The second kappa shape index (κ2) is 11.2. The molecule has 1 aliphatic rings. The summed E-state index contributed by atoms with van der Waals surface area (Å²) >= 11 is 6.29. The summed E-state index contributed by atoms with van der Waals surface area (Å²) in [6.45, 7) is 7.63. The zero-order valence-corrected chi connectivity index (χ0v) is 20.8.